The number of para-hydroxylation sites is 1. The highest BCUT2D eigenvalue weighted by Crippen LogP contribution is 2.30. The fourth-order valence-electron chi connectivity index (χ4n) is 2.01. The summed E-state index contributed by atoms with van der Waals surface area (Å²) in [5, 5.41) is 7.74. The summed E-state index contributed by atoms with van der Waals surface area (Å²) in [5.41, 5.74) is 0.988. The zero-order valence-corrected chi connectivity index (χ0v) is 10.6. The second-order valence-corrected chi connectivity index (χ2v) is 4.77. The van der Waals surface area contributed by atoms with Crippen molar-refractivity contribution in [2.24, 2.45) is 5.92 Å². The van der Waals surface area contributed by atoms with Gasteiger partial charge >= 0.3 is 0 Å². The summed E-state index contributed by atoms with van der Waals surface area (Å²) in [5.74, 6) is 2.49. The van der Waals surface area contributed by atoms with Crippen LogP contribution < -0.4 is 10.6 Å². The van der Waals surface area contributed by atoms with Gasteiger partial charge in [0.2, 0.25) is 5.95 Å². The predicted molar refractivity (Wildman–Crippen MR) is 74.9 cm³/mol. The first-order valence-electron chi connectivity index (χ1n) is 6.61. The van der Waals surface area contributed by atoms with E-state index < -0.39 is 0 Å². The molecule has 0 unspecified atom stereocenters. The fraction of sp³-hybridized carbons (Fsp3) is 0.429. The SMILES string of the molecule is CCNc1nc(NCC2CC2)c2ccccc2n1. The van der Waals surface area contributed by atoms with Gasteiger partial charge in [-0.2, -0.15) is 4.98 Å². The van der Waals surface area contributed by atoms with Gasteiger partial charge in [-0.05, 0) is 37.8 Å². The Morgan fingerprint density at radius 3 is 2.78 bits per heavy atom. The lowest BCUT2D eigenvalue weighted by atomic mass is 10.2. The number of benzene rings is 1. The molecule has 1 heterocycles. The van der Waals surface area contributed by atoms with Crippen LogP contribution >= 0.6 is 0 Å². The van der Waals surface area contributed by atoms with E-state index >= 15 is 0 Å². The molecule has 1 aromatic heterocycles. The predicted octanol–water partition coefficient (Wildman–Crippen LogP) is 2.88. The van der Waals surface area contributed by atoms with E-state index in [0.717, 1.165) is 35.7 Å². The Morgan fingerprint density at radius 2 is 2.00 bits per heavy atom. The van der Waals surface area contributed by atoms with E-state index in [4.69, 9.17) is 0 Å². The number of hydrogen-bond donors (Lipinski definition) is 2. The van der Waals surface area contributed by atoms with Gasteiger partial charge in [0.1, 0.15) is 5.82 Å². The standard InChI is InChI=1S/C14H18N4/c1-2-15-14-17-12-6-4-3-5-11(12)13(18-14)16-9-10-7-8-10/h3-6,10H,2,7-9H2,1H3,(H2,15,16,17,18). The Hall–Kier alpha value is -1.84. The zero-order chi connectivity index (χ0) is 12.4. The van der Waals surface area contributed by atoms with Gasteiger partial charge in [0.25, 0.3) is 0 Å². The monoisotopic (exact) mass is 242 g/mol. The van der Waals surface area contributed by atoms with E-state index in [-0.39, 0.29) is 0 Å². The molecule has 2 aromatic rings. The molecule has 0 aliphatic heterocycles. The number of rotatable bonds is 5. The molecule has 0 amide bonds. The van der Waals surface area contributed by atoms with E-state index in [9.17, 15) is 0 Å². The van der Waals surface area contributed by atoms with Crippen molar-refractivity contribution < 1.29 is 0 Å². The topological polar surface area (TPSA) is 49.8 Å². The van der Waals surface area contributed by atoms with Crippen LogP contribution in [0.1, 0.15) is 19.8 Å². The Balaban J connectivity index is 1.95. The van der Waals surface area contributed by atoms with Crippen molar-refractivity contribution in [1.29, 1.82) is 0 Å². The summed E-state index contributed by atoms with van der Waals surface area (Å²) in [7, 11) is 0. The molecule has 4 heteroatoms. The van der Waals surface area contributed by atoms with Crippen molar-refractivity contribution in [2.45, 2.75) is 19.8 Å². The molecule has 1 aliphatic carbocycles. The van der Waals surface area contributed by atoms with Crippen molar-refractivity contribution in [3.8, 4) is 0 Å². The lowest BCUT2D eigenvalue weighted by Crippen LogP contribution is -2.09. The summed E-state index contributed by atoms with van der Waals surface area (Å²) in [6.45, 7) is 3.91. The molecule has 0 spiro atoms. The minimum atomic E-state index is 0.703. The number of nitrogens with one attached hydrogen (secondary N) is 2. The molecule has 1 saturated carbocycles. The van der Waals surface area contributed by atoms with Crippen LogP contribution in [0.25, 0.3) is 10.9 Å². The van der Waals surface area contributed by atoms with Crippen LogP contribution in [0, 0.1) is 5.92 Å². The Bertz CT molecular complexity index is 548. The van der Waals surface area contributed by atoms with Gasteiger partial charge < -0.3 is 10.6 Å². The highest BCUT2D eigenvalue weighted by Gasteiger charge is 2.21. The van der Waals surface area contributed by atoms with E-state index in [1.807, 2.05) is 18.2 Å². The third-order valence-electron chi connectivity index (χ3n) is 3.19. The van der Waals surface area contributed by atoms with Crippen LogP contribution in [0.5, 0.6) is 0 Å². The third kappa shape index (κ3) is 2.37. The molecule has 1 fully saturated rings. The maximum absolute atomic E-state index is 4.56. The molecule has 94 valence electrons. The van der Waals surface area contributed by atoms with Crippen LogP contribution in [0.15, 0.2) is 24.3 Å². The highest BCUT2D eigenvalue weighted by atomic mass is 15.1. The van der Waals surface area contributed by atoms with Crippen molar-refractivity contribution in [2.75, 3.05) is 23.7 Å². The molecule has 1 aromatic carbocycles. The van der Waals surface area contributed by atoms with E-state index in [1.54, 1.807) is 0 Å². The summed E-state index contributed by atoms with van der Waals surface area (Å²) in [4.78, 5) is 9.06. The maximum atomic E-state index is 4.56. The van der Waals surface area contributed by atoms with Crippen LogP contribution in [0.3, 0.4) is 0 Å². The molecular formula is C14H18N4. The number of nitrogens with zero attached hydrogens (tertiary/aromatic N) is 2. The lowest BCUT2D eigenvalue weighted by Gasteiger charge is -2.10. The second-order valence-electron chi connectivity index (χ2n) is 4.77. The summed E-state index contributed by atoms with van der Waals surface area (Å²) in [6.07, 6.45) is 2.69. The number of anilines is 2. The molecule has 0 radical (unpaired) electrons. The average molecular weight is 242 g/mol. The highest BCUT2D eigenvalue weighted by molar-refractivity contribution is 5.90. The Labute approximate surface area is 107 Å². The molecule has 1 aliphatic rings. The Morgan fingerprint density at radius 1 is 1.17 bits per heavy atom. The van der Waals surface area contributed by atoms with Gasteiger partial charge in [0.15, 0.2) is 0 Å². The third-order valence-corrected chi connectivity index (χ3v) is 3.19. The molecule has 0 saturated heterocycles. The molecule has 0 bridgehead atoms. The summed E-state index contributed by atoms with van der Waals surface area (Å²) >= 11 is 0. The van der Waals surface area contributed by atoms with Gasteiger partial charge in [0, 0.05) is 18.5 Å². The first-order chi connectivity index (χ1) is 8.86. The van der Waals surface area contributed by atoms with Gasteiger partial charge in [-0.25, -0.2) is 4.98 Å². The van der Waals surface area contributed by atoms with Gasteiger partial charge in [0.05, 0.1) is 5.52 Å². The van der Waals surface area contributed by atoms with E-state index in [2.05, 4.69) is 33.6 Å². The van der Waals surface area contributed by atoms with E-state index in [0.29, 0.717) is 5.95 Å². The Kier molecular flexibility index (Phi) is 3.00. The summed E-state index contributed by atoms with van der Waals surface area (Å²) in [6, 6.07) is 8.14. The smallest absolute Gasteiger partial charge is 0.225 e. The second kappa shape index (κ2) is 4.80. The number of hydrogen-bond acceptors (Lipinski definition) is 4. The minimum absolute atomic E-state index is 0.703. The number of fused-ring (bicyclic) bond motifs is 1. The van der Waals surface area contributed by atoms with Gasteiger partial charge in [-0.15, -0.1) is 0 Å². The minimum Gasteiger partial charge on any atom is -0.369 e. The van der Waals surface area contributed by atoms with Crippen molar-refractivity contribution >= 4 is 22.7 Å². The van der Waals surface area contributed by atoms with Crippen molar-refractivity contribution in [1.82, 2.24) is 9.97 Å². The zero-order valence-electron chi connectivity index (χ0n) is 10.6. The van der Waals surface area contributed by atoms with Crippen LogP contribution in [-0.4, -0.2) is 23.1 Å². The first kappa shape index (κ1) is 11.3. The summed E-state index contributed by atoms with van der Waals surface area (Å²) < 4.78 is 0. The van der Waals surface area contributed by atoms with E-state index in [1.165, 1.54) is 12.8 Å². The van der Waals surface area contributed by atoms with Crippen LogP contribution in [-0.2, 0) is 0 Å². The fourth-order valence-corrected chi connectivity index (χ4v) is 2.01. The average Bonchev–Trinajstić information content (AvgIpc) is 3.20. The van der Waals surface area contributed by atoms with Gasteiger partial charge in [-0.3, -0.25) is 0 Å². The van der Waals surface area contributed by atoms with Gasteiger partial charge in [-0.1, -0.05) is 12.1 Å². The lowest BCUT2D eigenvalue weighted by molar-refractivity contribution is 0.883. The molecule has 4 nitrogen and oxygen atoms in total. The van der Waals surface area contributed by atoms with Crippen LogP contribution in [0.2, 0.25) is 0 Å². The van der Waals surface area contributed by atoms with Crippen molar-refractivity contribution in [3.05, 3.63) is 24.3 Å². The quantitative estimate of drug-likeness (QED) is 0.846. The molecule has 2 N–H and O–H groups in total. The van der Waals surface area contributed by atoms with Crippen molar-refractivity contribution in [3.63, 3.8) is 0 Å². The van der Waals surface area contributed by atoms with Crippen LogP contribution in [0.4, 0.5) is 11.8 Å². The first-order valence-corrected chi connectivity index (χ1v) is 6.61. The normalized spacial score (nSPS) is 14.7. The largest absolute Gasteiger partial charge is 0.369 e. The molecule has 0 atom stereocenters. The number of aromatic nitrogens is 2. The molecular weight excluding hydrogens is 224 g/mol. The maximum Gasteiger partial charge on any atom is 0.225 e. The molecule has 3 rings (SSSR count). The molecule has 18 heavy (non-hydrogen) atoms.